The fraction of sp³-hybridized carbons (Fsp3) is 0.571. The minimum absolute atomic E-state index is 0.705. The molecule has 0 saturated carbocycles. The molecule has 0 amide bonds. The first kappa shape index (κ1) is 8.23. The number of rotatable bonds is 4. The molecule has 1 N–H and O–H groups in total. The highest BCUT2D eigenvalue weighted by atomic mass is 16.6. The first-order valence-corrected chi connectivity index (χ1v) is 3.64. The van der Waals surface area contributed by atoms with Gasteiger partial charge < -0.3 is 4.84 Å². The van der Waals surface area contributed by atoms with Crippen molar-refractivity contribution in [1.29, 1.82) is 0 Å². The smallest absolute Gasteiger partial charge is 0.0572 e. The third-order valence-corrected chi connectivity index (χ3v) is 1.43. The molecule has 4 heteroatoms. The predicted molar refractivity (Wildman–Crippen MR) is 41.7 cm³/mol. The monoisotopic (exact) mass is 155 g/mol. The summed E-state index contributed by atoms with van der Waals surface area (Å²) in [6, 6.07) is 0. The van der Waals surface area contributed by atoms with Gasteiger partial charge in [-0.2, -0.15) is 10.6 Å². The van der Waals surface area contributed by atoms with Crippen LogP contribution in [0.5, 0.6) is 0 Å². The van der Waals surface area contributed by atoms with E-state index in [1.165, 1.54) is 0 Å². The van der Waals surface area contributed by atoms with Gasteiger partial charge in [0.25, 0.3) is 0 Å². The molecule has 1 aromatic rings. The van der Waals surface area contributed by atoms with Gasteiger partial charge in [-0.05, 0) is 6.92 Å². The second-order valence-electron chi connectivity index (χ2n) is 2.23. The summed E-state index contributed by atoms with van der Waals surface area (Å²) in [6.07, 6.45) is 3.82. The van der Waals surface area contributed by atoms with Gasteiger partial charge in [0.1, 0.15) is 0 Å². The third kappa shape index (κ3) is 2.32. The Morgan fingerprint density at radius 1 is 1.73 bits per heavy atom. The highest BCUT2D eigenvalue weighted by molar-refractivity contribution is 5.02. The maximum absolute atomic E-state index is 4.70. The molecule has 0 aliphatic carbocycles. The van der Waals surface area contributed by atoms with E-state index in [0.29, 0.717) is 6.54 Å². The molecule has 0 aliphatic heterocycles. The number of nitrogens with zero attached hydrogens (tertiary/aromatic N) is 2. The highest BCUT2D eigenvalue weighted by Gasteiger charge is 1.94. The van der Waals surface area contributed by atoms with Crippen LogP contribution in [0.25, 0.3) is 0 Å². The molecule has 62 valence electrons. The Labute approximate surface area is 66.1 Å². The maximum Gasteiger partial charge on any atom is 0.0572 e. The maximum atomic E-state index is 4.70. The van der Waals surface area contributed by atoms with Crippen LogP contribution in [0.4, 0.5) is 0 Å². The van der Waals surface area contributed by atoms with Crippen molar-refractivity contribution in [2.45, 2.75) is 20.0 Å². The van der Waals surface area contributed by atoms with Crippen LogP contribution < -0.4 is 5.48 Å². The molecule has 0 fully saturated rings. The molecule has 1 rings (SSSR count). The van der Waals surface area contributed by atoms with E-state index < -0.39 is 0 Å². The van der Waals surface area contributed by atoms with Crippen LogP contribution in [0, 0.1) is 0 Å². The zero-order valence-corrected chi connectivity index (χ0v) is 6.87. The Bertz CT molecular complexity index is 209. The molecule has 0 aromatic carbocycles. The van der Waals surface area contributed by atoms with Gasteiger partial charge >= 0.3 is 0 Å². The Morgan fingerprint density at radius 2 is 2.55 bits per heavy atom. The molecule has 1 heterocycles. The Balaban J connectivity index is 2.44. The van der Waals surface area contributed by atoms with Crippen molar-refractivity contribution in [3.05, 3.63) is 18.0 Å². The summed E-state index contributed by atoms with van der Waals surface area (Å²) in [5.74, 6) is 0. The molecule has 0 bridgehead atoms. The van der Waals surface area contributed by atoms with Crippen molar-refractivity contribution in [1.82, 2.24) is 15.3 Å². The number of hydroxylamine groups is 1. The molecular formula is C7H13N3O. The summed E-state index contributed by atoms with van der Waals surface area (Å²) in [7, 11) is 1.60. The Hall–Kier alpha value is -0.870. The summed E-state index contributed by atoms with van der Waals surface area (Å²) in [6.45, 7) is 3.67. The van der Waals surface area contributed by atoms with Crippen LogP contribution >= 0.6 is 0 Å². The molecule has 11 heavy (non-hydrogen) atoms. The normalized spacial score (nSPS) is 10.4. The van der Waals surface area contributed by atoms with Crippen molar-refractivity contribution in [2.75, 3.05) is 7.11 Å². The second-order valence-corrected chi connectivity index (χ2v) is 2.23. The van der Waals surface area contributed by atoms with E-state index in [9.17, 15) is 0 Å². The van der Waals surface area contributed by atoms with Gasteiger partial charge in [0.2, 0.25) is 0 Å². The van der Waals surface area contributed by atoms with Crippen molar-refractivity contribution in [3.8, 4) is 0 Å². The Kier molecular flexibility index (Phi) is 3.07. The average Bonchev–Trinajstić information content (AvgIpc) is 2.48. The topological polar surface area (TPSA) is 39.1 Å². The molecular weight excluding hydrogens is 142 g/mol. The van der Waals surface area contributed by atoms with Crippen molar-refractivity contribution in [2.24, 2.45) is 0 Å². The SMILES string of the molecule is CCn1cc(CNOC)cn1. The number of aromatic nitrogens is 2. The lowest BCUT2D eigenvalue weighted by molar-refractivity contribution is 0.0867. The highest BCUT2D eigenvalue weighted by Crippen LogP contribution is 1.95. The van der Waals surface area contributed by atoms with Crippen LogP contribution in [0.1, 0.15) is 12.5 Å². The average molecular weight is 155 g/mol. The fourth-order valence-electron chi connectivity index (χ4n) is 0.826. The van der Waals surface area contributed by atoms with Gasteiger partial charge in [-0.15, -0.1) is 0 Å². The zero-order valence-electron chi connectivity index (χ0n) is 6.87. The summed E-state index contributed by atoms with van der Waals surface area (Å²) in [5, 5.41) is 4.11. The lowest BCUT2D eigenvalue weighted by Crippen LogP contribution is -2.09. The van der Waals surface area contributed by atoms with Crippen LogP contribution in [-0.2, 0) is 17.9 Å². The molecule has 0 spiro atoms. The second kappa shape index (κ2) is 4.10. The van der Waals surface area contributed by atoms with E-state index in [0.717, 1.165) is 12.1 Å². The van der Waals surface area contributed by atoms with Crippen LogP contribution in [0.15, 0.2) is 12.4 Å². The first-order chi connectivity index (χ1) is 5.36. The van der Waals surface area contributed by atoms with Gasteiger partial charge in [0.05, 0.1) is 13.3 Å². The van der Waals surface area contributed by atoms with Gasteiger partial charge in [-0.1, -0.05) is 0 Å². The predicted octanol–water partition coefficient (Wildman–Crippen LogP) is 0.554. The number of hydrogen-bond donors (Lipinski definition) is 1. The number of aryl methyl sites for hydroxylation is 1. The summed E-state index contributed by atoms with van der Waals surface area (Å²) in [5.41, 5.74) is 3.88. The zero-order chi connectivity index (χ0) is 8.10. The molecule has 0 aliphatic rings. The summed E-state index contributed by atoms with van der Waals surface area (Å²) >= 11 is 0. The summed E-state index contributed by atoms with van der Waals surface area (Å²) < 4.78 is 1.88. The van der Waals surface area contributed by atoms with E-state index >= 15 is 0 Å². The third-order valence-electron chi connectivity index (χ3n) is 1.43. The Morgan fingerprint density at radius 3 is 3.09 bits per heavy atom. The molecule has 1 aromatic heterocycles. The van der Waals surface area contributed by atoms with Crippen LogP contribution in [-0.4, -0.2) is 16.9 Å². The molecule has 0 radical (unpaired) electrons. The van der Waals surface area contributed by atoms with Crippen molar-refractivity contribution >= 4 is 0 Å². The molecule has 0 unspecified atom stereocenters. The lowest BCUT2D eigenvalue weighted by Gasteiger charge is -1.96. The van der Waals surface area contributed by atoms with E-state index in [2.05, 4.69) is 17.5 Å². The van der Waals surface area contributed by atoms with E-state index in [1.54, 1.807) is 7.11 Å². The lowest BCUT2D eigenvalue weighted by atomic mass is 10.4. The largest absolute Gasteiger partial charge is 0.305 e. The minimum atomic E-state index is 0.705. The number of hydrogen-bond acceptors (Lipinski definition) is 3. The molecule has 0 saturated heterocycles. The van der Waals surface area contributed by atoms with Gasteiger partial charge in [-0.3, -0.25) is 4.68 Å². The van der Waals surface area contributed by atoms with Crippen LogP contribution in [0.3, 0.4) is 0 Å². The van der Waals surface area contributed by atoms with Gasteiger partial charge in [0, 0.05) is 24.8 Å². The minimum Gasteiger partial charge on any atom is -0.305 e. The van der Waals surface area contributed by atoms with Crippen molar-refractivity contribution in [3.63, 3.8) is 0 Å². The fourth-order valence-corrected chi connectivity index (χ4v) is 0.826. The van der Waals surface area contributed by atoms with Crippen LogP contribution in [0.2, 0.25) is 0 Å². The van der Waals surface area contributed by atoms with E-state index in [1.807, 2.05) is 17.1 Å². The van der Waals surface area contributed by atoms with E-state index in [4.69, 9.17) is 4.84 Å². The number of nitrogens with one attached hydrogen (secondary N) is 1. The standard InChI is InChI=1S/C7H13N3O/c1-3-10-6-7(4-8-10)5-9-11-2/h4,6,9H,3,5H2,1-2H3. The van der Waals surface area contributed by atoms with Gasteiger partial charge in [-0.25, -0.2) is 0 Å². The van der Waals surface area contributed by atoms with Crippen molar-refractivity contribution < 1.29 is 4.84 Å². The molecule has 4 nitrogen and oxygen atoms in total. The van der Waals surface area contributed by atoms with E-state index in [-0.39, 0.29) is 0 Å². The first-order valence-electron chi connectivity index (χ1n) is 3.64. The molecule has 0 atom stereocenters. The quantitative estimate of drug-likeness (QED) is 0.645. The van der Waals surface area contributed by atoms with Gasteiger partial charge in [0.15, 0.2) is 0 Å². The summed E-state index contributed by atoms with van der Waals surface area (Å²) in [4.78, 5) is 4.70.